The van der Waals surface area contributed by atoms with E-state index in [0.29, 0.717) is 23.6 Å². The zero-order chi connectivity index (χ0) is 47.7. The van der Waals surface area contributed by atoms with Crippen LogP contribution in [-0.4, -0.2) is 86.4 Å². The monoisotopic (exact) mass is 993 g/mol. The third kappa shape index (κ3) is 10.4. The van der Waals surface area contributed by atoms with Crippen LogP contribution in [0, 0.1) is 0 Å². The molecule has 69 heavy (non-hydrogen) atoms. The van der Waals surface area contributed by atoms with Crippen molar-refractivity contribution in [3.8, 4) is 0 Å². The number of aromatic nitrogens is 2. The van der Waals surface area contributed by atoms with Gasteiger partial charge in [0.2, 0.25) is 0 Å². The fourth-order valence-corrected chi connectivity index (χ4v) is 12.0. The van der Waals surface area contributed by atoms with Gasteiger partial charge in [-0.25, -0.2) is 10.2 Å². The third-order valence-electron chi connectivity index (χ3n) is 11.3. The Morgan fingerprint density at radius 1 is 0.870 bits per heavy atom. The molecule has 5 aromatic carbocycles. The molecule has 14 nitrogen and oxygen atoms in total. The van der Waals surface area contributed by atoms with Crippen molar-refractivity contribution in [3.63, 3.8) is 0 Å². The molecular formula is C51H47N9O5S4. The molecule has 3 aliphatic rings. The molecule has 2 unspecified atom stereocenters. The van der Waals surface area contributed by atoms with Crippen LogP contribution in [0.5, 0.6) is 0 Å². The van der Waals surface area contributed by atoms with E-state index in [9.17, 15) is 14.4 Å². The van der Waals surface area contributed by atoms with Crippen LogP contribution in [0.25, 0.3) is 0 Å². The largest absolute Gasteiger partial charge is 0.448 e. The van der Waals surface area contributed by atoms with Crippen molar-refractivity contribution in [2.45, 2.75) is 33.9 Å². The van der Waals surface area contributed by atoms with Gasteiger partial charge in [0.1, 0.15) is 34.8 Å². The minimum absolute atomic E-state index is 0.0825. The van der Waals surface area contributed by atoms with E-state index >= 15 is 0 Å². The summed E-state index contributed by atoms with van der Waals surface area (Å²) in [4.78, 5) is 52.0. The second-order valence-corrected chi connectivity index (χ2v) is 20.2. The van der Waals surface area contributed by atoms with E-state index in [-0.39, 0.29) is 11.4 Å². The number of hydrazine groups is 2. The number of benzene rings is 5. The molecule has 0 spiro atoms. The Bertz CT molecular complexity index is 2750. The SMILES string of the molecule is CO/N=C(/C(=O)NC1C(=O)N2C(C(=O)OC(c3ccccc3)c3ccccc3)=C(/C=C/Sc3nnc(CN(C)C)s3)CSC12)C1=CSN(NC(c2ccccc2)(c2ccccc2)c2ccccc2)N1. The van der Waals surface area contributed by atoms with Gasteiger partial charge in [0.05, 0.1) is 12.2 Å². The van der Waals surface area contributed by atoms with Crippen LogP contribution in [0.4, 0.5) is 0 Å². The number of ether oxygens (including phenoxy) is 1. The number of hydrogen-bond donors (Lipinski definition) is 3. The maximum Gasteiger partial charge on any atom is 0.356 e. The van der Waals surface area contributed by atoms with Gasteiger partial charge in [-0.3, -0.25) is 19.9 Å². The van der Waals surface area contributed by atoms with Gasteiger partial charge in [0.15, 0.2) is 16.2 Å². The van der Waals surface area contributed by atoms with E-state index in [4.69, 9.17) is 9.57 Å². The van der Waals surface area contributed by atoms with Crippen molar-refractivity contribution in [1.82, 2.24) is 40.7 Å². The molecule has 0 aliphatic carbocycles. The number of thioether (sulfide) groups is 2. The zero-order valence-electron chi connectivity index (χ0n) is 37.7. The highest BCUT2D eigenvalue weighted by molar-refractivity contribution is 8.03. The molecule has 350 valence electrons. The number of carbonyl (C=O) groups excluding carboxylic acids is 3. The van der Waals surface area contributed by atoms with Crippen LogP contribution in [0.3, 0.4) is 0 Å². The van der Waals surface area contributed by atoms with E-state index in [1.54, 1.807) is 9.93 Å². The predicted molar refractivity (Wildman–Crippen MR) is 273 cm³/mol. The molecule has 0 bridgehead atoms. The van der Waals surface area contributed by atoms with Crippen LogP contribution in [0.2, 0.25) is 0 Å². The molecule has 9 rings (SSSR count). The van der Waals surface area contributed by atoms with E-state index in [1.165, 1.54) is 58.8 Å². The normalized spacial score (nSPS) is 17.4. The van der Waals surface area contributed by atoms with Gasteiger partial charge >= 0.3 is 5.97 Å². The van der Waals surface area contributed by atoms with E-state index in [0.717, 1.165) is 37.2 Å². The number of hydrogen-bond acceptors (Lipinski definition) is 16. The number of allylic oxidation sites excluding steroid dienone is 1. The third-order valence-corrected chi connectivity index (χ3v) is 15.1. The van der Waals surface area contributed by atoms with Gasteiger partial charge in [0, 0.05) is 11.2 Å². The molecule has 18 heteroatoms. The van der Waals surface area contributed by atoms with Gasteiger partial charge in [-0.05, 0) is 70.9 Å². The molecule has 0 saturated carbocycles. The Morgan fingerprint density at radius 2 is 1.43 bits per heavy atom. The maximum absolute atomic E-state index is 14.6. The molecule has 3 N–H and O–H groups in total. The van der Waals surface area contributed by atoms with Gasteiger partial charge in [-0.1, -0.05) is 184 Å². The second-order valence-electron chi connectivity index (χ2n) is 16.1. The van der Waals surface area contributed by atoms with Crippen molar-refractivity contribution < 1.29 is 24.0 Å². The summed E-state index contributed by atoms with van der Waals surface area (Å²) in [5, 5.41) is 19.5. The summed E-state index contributed by atoms with van der Waals surface area (Å²) in [5.41, 5.74) is 11.6. The van der Waals surface area contributed by atoms with Crippen molar-refractivity contribution in [2.24, 2.45) is 5.16 Å². The lowest BCUT2D eigenvalue weighted by Gasteiger charge is -2.49. The van der Waals surface area contributed by atoms with E-state index in [1.807, 2.05) is 146 Å². The quantitative estimate of drug-likeness (QED) is 0.0145. The van der Waals surface area contributed by atoms with E-state index < -0.39 is 40.8 Å². The molecule has 1 fully saturated rings. The molecule has 1 saturated heterocycles. The summed E-state index contributed by atoms with van der Waals surface area (Å²) in [6, 6.07) is 48.3. The van der Waals surface area contributed by atoms with Gasteiger partial charge < -0.3 is 19.8 Å². The topological polar surface area (TPSA) is 154 Å². The van der Waals surface area contributed by atoms with Crippen LogP contribution < -0.4 is 16.2 Å². The summed E-state index contributed by atoms with van der Waals surface area (Å²) in [6.45, 7) is 0.667. The molecule has 6 aromatic rings. The highest BCUT2D eigenvalue weighted by Gasteiger charge is 2.55. The lowest BCUT2D eigenvalue weighted by Crippen LogP contribution is -2.71. The molecular weight excluding hydrogens is 947 g/mol. The number of esters is 1. The first kappa shape index (κ1) is 47.6. The summed E-state index contributed by atoms with van der Waals surface area (Å²) < 4.78 is 8.82. The van der Waals surface area contributed by atoms with Crippen LogP contribution in [0.15, 0.2) is 195 Å². The maximum atomic E-state index is 14.6. The zero-order valence-corrected chi connectivity index (χ0v) is 40.9. The van der Waals surface area contributed by atoms with Crippen LogP contribution >= 0.6 is 46.8 Å². The molecule has 4 heterocycles. The fourth-order valence-electron chi connectivity index (χ4n) is 8.16. The standard InChI is InChI=1S/C51H47N9O5S4/c1-58(2)31-41-53-54-50(69-41)66-30-29-36-32-67-48-43(47(62)59(48)44(36)49(63)65-45(34-19-9-4-10-20-34)35-21-11-5-12-22-35)52-46(61)42(56-64-3)40-33-68-60(55-40)57-51(37-23-13-6-14-24-37,38-25-15-7-16-26-38)39-27-17-8-18-28-39/h4-30,33,43,45,48,55,57H,31-32H2,1-3H3,(H,52,61)/b30-29+,56-42+. The summed E-state index contributed by atoms with van der Waals surface area (Å²) in [6.07, 6.45) is 1.06. The smallest absolute Gasteiger partial charge is 0.356 e. The van der Waals surface area contributed by atoms with Crippen molar-refractivity contribution in [2.75, 3.05) is 27.0 Å². The Labute approximate surface area is 417 Å². The molecule has 0 radical (unpaired) electrons. The number of carbonyl (C=O) groups is 3. The number of oxime groups is 1. The first-order valence-corrected chi connectivity index (χ1v) is 25.4. The van der Waals surface area contributed by atoms with Gasteiger partial charge in [0.25, 0.3) is 11.8 Å². The molecule has 3 aliphatic heterocycles. The number of β-lactam (4-membered cyclic amide) rings is 1. The molecule has 1 aromatic heterocycles. The average Bonchev–Trinajstić information content (AvgIpc) is 4.05. The van der Waals surface area contributed by atoms with Crippen molar-refractivity contribution >= 4 is 70.3 Å². The number of nitrogens with zero attached hydrogens (tertiary/aromatic N) is 6. The second kappa shape index (κ2) is 21.8. The van der Waals surface area contributed by atoms with Crippen molar-refractivity contribution in [3.05, 3.63) is 218 Å². The number of rotatable bonds is 18. The Morgan fingerprint density at radius 3 is 1.99 bits per heavy atom. The Hall–Kier alpha value is -6.51. The number of fused-ring (bicyclic) bond motifs is 1. The Balaban J connectivity index is 0.952. The average molecular weight is 994 g/mol. The van der Waals surface area contributed by atoms with E-state index in [2.05, 4.69) is 67.9 Å². The first-order chi connectivity index (χ1) is 33.7. The fraction of sp³-hybridized carbons (Fsp3) is 0.176. The Kier molecular flexibility index (Phi) is 15.1. The van der Waals surface area contributed by atoms with Crippen molar-refractivity contribution in [1.29, 1.82) is 0 Å². The molecule has 2 atom stereocenters. The highest BCUT2D eigenvalue weighted by atomic mass is 32.2. The number of amides is 2. The minimum atomic E-state index is -0.992. The first-order valence-electron chi connectivity index (χ1n) is 21.8. The molecule has 2 amide bonds. The van der Waals surface area contributed by atoms with Gasteiger partial charge in [-0.2, -0.15) is 0 Å². The summed E-state index contributed by atoms with van der Waals surface area (Å²) in [5.74, 6) is -1.44. The lowest BCUT2D eigenvalue weighted by atomic mass is 9.77. The lowest BCUT2D eigenvalue weighted by molar-refractivity contribution is -0.154. The summed E-state index contributed by atoms with van der Waals surface area (Å²) in [7, 11) is 5.30. The number of nitrogens with one attached hydrogen (secondary N) is 3. The van der Waals surface area contributed by atoms with Crippen LogP contribution in [-0.2, 0) is 36.0 Å². The minimum Gasteiger partial charge on any atom is -0.448 e. The van der Waals surface area contributed by atoms with Gasteiger partial charge in [-0.15, -0.1) is 22.0 Å². The summed E-state index contributed by atoms with van der Waals surface area (Å²) >= 11 is 5.58. The highest BCUT2D eigenvalue weighted by Crippen LogP contribution is 2.43. The predicted octanol–water partition coefficient (Wildman–Crippen LogP) is 8.00. The van der Waals surface area contributed by atoms with Crippen LogP contribution in [0.1, 0.15) is 38.9 Å².